The fourth-order valence-electron chi connectivity index (χ4n) is 3.20. The van der Waals surface area contributed by atoms with Crippen LogP contribution < -0.4 is 10.1 Å². The normalized spacial score (nSPS) is 16.0. The zero-order valence-corrected chi connectivity index (χ0v) is 18.2. The predicted molar refractivity (Wildman–Crippen MR) is 111 cm³/mol. The van der Waals surface area contributed by atoms with Gasteiger partial charge in [-0.05, 0) is 55.7 Å². The van der Waals surface area contributed by atoms with E-state index in [9.17, 15) is 13.2 Å². The van der Waals surface area contributed by atoms with Crippen LogP contribution in [0.2, 0.25) is 0 Å². The van der Waals surface area contributed by atoms with Crippen molar-refractivity contribution in [2.24, 2.45) is 0 Å². The molecule has 3 rings (SSSR count). The molecule has 1 saturated heterocycles. The van der Waals surface area contributed by atoms with Crippen LogP contribution in [0.25, 0.3) is 0 Å². The molecule has 150 valence electrons. The van der Waals surface area contributed by atoms with Gasteiger partial charge in [0.1, 0.15) is 10.6 Å². The van der Waals surface area contributed by atoms with E-state index in [2.05, 4.69) is 21.2 Å². The van der Waals surface area contributed by atoms with Crippen molar-refractivity contribution < 1.29 is 17.9 Å². The van der Waals surface area contributed by atoms with Gasteiger partial charge >= 0.3 is 0 Å². The van der Waals surface area contributed by atoms with E-state index >= 15 is 0 Å². The second-order valence-electron chi connectivity index (χ2n) is 6.72. The van der Waals surface area contributed by atoms with Gasteiger partial charge < -0.3 is 10.1 Å². The van der Waals surface area contributed by atoms with E-state index in [4.69, 9.17) is 4.74 Å². The van der Waals surface area contributed by atoms with Gasteiger partial charge in [0.25, 0.3) is 5.91 Å². The third-order valence-corrected chi connectivity index (χ3v) is 7.27. The van der Waals surface area contributed by atoms with Crippen LogP contribution in [0.3, 0.4) is 0 Å². The Balaban J connectivity index is 1.86. The molecule has 0 aliphatic carbocycles. The molecule has 1 fully saturated rings. The quantitative estimate of drug-likeness (QED) is 0.703. The number of carbonyl (C=O) groups is 1. The highest BCUT2D eigenvalue weighted by molar-refractivity contribution is 9.10. The van der Waals surface area contributed by atoms with Crippen LogP contribution in [0, 0.1) is 0 Å². The van der Waals surface area contributed by atoms with Gasteiger partial charge in [-0.25, -0.2) is 8.42 Å². The van der Waals surface area contributed by atoms with Crippen LogP contribution in [0.5, 0.6) is 5.75 Å². The van der Waals surface area contributed by atoms with Gasteiger partial charge in [0.15, 0.2) is 0 Å². The molecule has 28 heavy (non-hydrogen) atoms. The third-order valence-electron chi connectivity index (χ3n) is 4.83. The number of hydrogen-bond donors (Lipinski definition) is 1. The number of nitrogens with zero attached hydrogens (tertiary/aromatic N) is 1. The first-order chi connectivity index (χ1) is 13.3. The average Bonchev–Trinajstić information content (AvgIpc) is 3.23. The largest absolute Gasteiger partial charge is 0.495 e. The van der Waals surface area contributed by atoms with Crippen LogP contribution in [-0.2, 0) is 10.0 Å². The minimum absolute atomic E-state index is 0.0286. The number of sulfonamides is 1. The molecule has 2 aromatic carbocycles. The molecular formula is C20H23BrN2O4S. The molecule has 1 aliphatic rings. The summed E-state index contributed by atoms with van der Waals surface area (Å²) in [6.07, 6.45) is 1.68. The Morgan fingerprint density at radius 1 is 1.14 bits per heavy atom. The summed E-state index contributed by atoms with van der Waals surface area (Å²) in [5.41, 5.74) is 1.23. The first-order valence-electron chi connectivity index (χ1n) is 9.07. The lowest BCUT2D eigenvalue weighted by Gasteiger charge is -2.19. The second kappa shape index (κ2) is 8.63. The molecule has 0 saturated carbocycles. The third kappa shape index (κ3) is 4.39. The number of ether oxygens (including phenoxy) is 1. The Labute approximate surface area is 174 Å². The molecule has 8 heteroatoms. The lowest BCUT2D eigenvalue weighted by molar-refractivity contribution is 0.0939. The van der Waals surface area contributed by atoms with Crippen molar-refractivity contribution in [1.82, 2.24) is 9.62 Å². The van der Waals surface area contributed by atoms with E-state index < -0.39 is 10.0 Å². The molecule has 2 aromatic rings. The van der Waals surface area contributed by atoms with Crippen LogP contribution in [0.15, 0.2) is 51.8 Å². The lowest BCUT2D eigenvalue weighted by atomic mass is 10.1. The lowest BCUT2D eigenvalue weighted by Crippen LogP contribution is -2.29. The first kappa shape index (κ1) is 20.8. The molecule has 0 aromatic heterocycles. The Kier molecular flexibility index (Phi) is 6.42. The van der Waals surface area contributed by atoms with Gasteiger partial charge in [-0.3, -0.25) is 4.79 Å². The zero-order chi connectivity index (χ0) is 20.3. The molecular weight excluding hydrogens is 444 g/mol. The molecule has 1 atom stereocenters. The van der Waals surface area contributed by atoms with Crippen molar-refractivity contribution in [3.05, 3.63) is 58.1 Å². The molecule has 1 aliphatic heterocycles. The van der Waals surface area contributed by atoms with E-state index in [0.29, 0.717) is 13.1 Å². The molecule has 0 spiro atoms. The highest BCUT2D eigenvalue weighted by atomic mass is 79.9. The summed E-state index contributed by atoms with van der Waals surface area (Å²) in [5, 5.41) is 2.91. The van der Waals surface area contributed by atoms with Crippen LogP contribution in [-0.4, -0.2) is 38.8 Å². The van der Waals surface area contributed by atoms with E-state index in [1.54, 1.807) is 6.07 Å². The number of hydrogen-bond acceptors (Lipinski definition) is 4. The minimum atomic E-state index is -3.70. The number of halogens is 1. The number of benzene rings is 2. The molecule has 0 bridgehead atoms. The number of rotatable bonds is 6. The Morgan fingerprint density at radius 3 is 2.39 bits per heavy atom. The van der Waals surface area contributed by atoms with Crippen molar-refractivity contribution in [3.8, 4) is 5.75 Å². The standard InChI is InChI=1S/C20H23BrN2O4S/c1-14(15-5-8-17(21)9-6-15)22-20(24)16-7-10-18(27-2)19(13-16)28(25,26)23-11-3-4-12-23/h5-10,13-14H,3-4,11-12H2,1-2H3,(H,22,24)/t14-/m0/s1. The summed E-state index contributed by atoms with van der Waals surface area (Å²) < 4.78 is 33.6. The zero-order valence-electron chi connectivity index (χ0n) is 15.8. The number of nitrogens with one attached hydrogen (secondary N) is 1. The van der Waals surface area contributed by atoms with E-state index in [1.165, 1.54) is 23.5 Å². The summed E-state index contributed by atoms with van der Waals surface area (Å²) in [7, 11) is -2.28. The van der Waals surface area contributed by atoms with Crippen molar-refractivity contribution in [2.45, 2.75) is 30.7 Å². The summed E-state index contributed by atoms with van der Waals surface area (Å²) in [4.78, 5) is 12.8. The van der Waals surface area contributed by atoms with Gasteiger partial charge in [-0.1, -0.05) is 28.1 Å². The molecule has 0 unspecified atom stereocenters. The Morgan fingerprint density at radius 2 is 1.79 bits per heavy atom. The van der Waals surface area contributed by atoms with Gasteiger partial charge in [0.05, 0.1) is 13.2 Å². The van der Waals surface area contributed by atoms with Crippen molar-refractivity contribution in [2.75, 3.05) is 20.2 Å². The van der Waals surface area contributed by atoms with Crippen molar-refractivity contribution >= 4 is 31.9 Å². The van der Waals surface area contributed by atoms with Crippen molar-refractivity contribution in [1.29, 1.82) is 0 Å². The maximum absolute atomic E-state index is 13.0. The fourth-order valence-corrected chi connectivity index (χ4v) is 5.16. The number of carbonyl (C=O) groups excluding carboxylic acids is 1. The summed E-state index contributed by atoms with van der Waals surface area (Å²) in [6, 6.07) is 11.9. The fraction of sp³-hybridized carbons (Fsp3) is 0.350. The van der Waals surface area contributed by atoms with Crippen molar-refractivity contribution in [3.63, 3.8) is 0 Å². The highest BCUT2D eigenvalue weighted by Gasteiger charge is 2.30. The van der Waals surface area contributed by atoms with Crippen LogP contribution >= 0.6 is 15.9 Å². The van der Waals surface area contributed by atoms with E-state index in [0.717, 1.165) is 22.9 Å². The summed E-state index contributed by atoms with van der Waals surface area (Å²) in [6.45, 7) is 2.86. The SMILES string of the molecule is COc1ccc(C(=O)N[C@@H](C)c2ccc(Br)cc2)cc1S(=O)(=O)N1CCCC1. The van der Waals surface area contributed by atoms with Gasteiger partial charge in [0.2, 0.25) is 10.0 Å². The predicted octanol–water partition coefficient (Wildman–Crippen LogP) is 3.73. The molecule has 1 N–H and O–H groups in total. The average molecular weight is 467 g/mol. The summed E-state index contributed by atoms with van der Waals surface area (Å²) >= 11 is 3.39. The molecule has 1 heterocycles. The number of methoxy groups -OCH3 is 1. The van der Waals surface area contributed by atoms with Crippen LogP contribution in [0.1, 0.15) is 41.7 Å². The maximum atomic E-state index is 13.0. The monoisotopic (exact) mass is 466 g/mol. The van der Waals surface area contributed by atoms with E-state index in [1.807, 2.05) is 31.2 Å². The minimum Gasteiger partial charge on any atom is -0.495 e. The Bertz CT molecular complexity index is 955. The topological polar surface area (TPSA) is 75.7 Å². The summed E-state index contributed by atoms with van der Waals surface area (Å²) in [5.74, 6) is -0.0969. The molecule has 0 radical (unpaired) electrons. The van der Waals surface area contributed by atoms with Gasteiger partial charge in [-0.2, -0.15) is 4.31 Å². The number of amides is 1. The van der Waals surface area contributed by atoms with Gasteiger partial charge in [0, 0.05) is 23.1 Å². The van der Waals surface area contributed by atoms with Crippen LogP contribution in [0.4, 0.5) is 0 Å². The van der Waals surface area contributed by atoms with E-state index in [-0.39, 0.29) is 28.2 Å². The van der Waals surface area contributed by atoms with Gasteiger partial charge in [-0.15, -0.1) is 0 Å². The smallest absolute Gasteiger partial charge is 0.251 e. The Hall–Kier alpha value is -1.90. The highest BCUT2D eigenvalue weighted by Crippen LogP contribution is 2.30. The molecule has 1 amide bonds. The molecule has 6 nitrogen and oxygen atoms in total. The first-order valence-corrected chi connectivity index (χ1v) is 11.3. The second-order valence-corrected chi connectivity index (χ2v) is 9.55. The maximum Gasteiger partial charge on any atom is 0.251 e.